The lowest BCUT2D eigenvalue weighted by Gasteiger charge is -2.22. The molecule has 146 valence electrons. The maximum atomic E-state index is 12.9. The fourth-order valence-electron chi connectivity index (χ4n) is 3.18. The highest BCUT2D eigenvalue weighted by molar-refractivity contribution is 5.93. The van der Waals surface area contributed by atoms with Crippen LogP contribution in [-0.4, -0.2) is 45.9 Å². The van der Waals surface area contributed by atoms with Gasteiger partial charge in [0.15, 0.2) is 5.69 Å². The van der Waals surface area contributed by atoms with Crippen molar-refractivity contribution in [1.82, 2.24) is 19.9 Å². The van der Waals surface area contributed by atoms with E-state index in [2.05, 4.69) is 53.2 Å². The number of rotatable bonds is 7. The molecule has 0 spiro atoms. The highest BCUT2D eigenvalue weighted by Crippen LogP contribution is 2.17. The maximum Gasteiger partial charge on any atom is 0.276 e. The van der Waals surface area contributed by atoms with Crippen molar-refractivity contribution < 1.29 is 4.79 Å². The van der Waals surface area contributed by atoms with Crippen LogP contribution >= 0.6 is 0 Å². The zero-order chi connectivity index (χ0) is 20.1. The number of nitrogens with zero attached hydrogens (tertiary/aromatic N) is 5. The lowest BCUT2D eigenvalue weighted by atomic mass is 10.1. The van der Waals surface area contributed by atoms with Crippen molar-refractivity contribution in [1.29, 1.82) is 0 Å². The molecule has 1 aromatic heterocycles. The van der Waals surface area contributed by atoms with Gasteiger partial charge in [-0.3, -0.25) is 4.79 Å². The minimum atomic E-state index is -0.132. The number of amides is 1. The fraction of sp³-hybridized carbons (Fsp3) is 0.318. The van der Waals surface area contributed by atoms with E-state index in [4.69, 9.17) is 0 Å². The van der Waals surface area contributed by atoms with E-state index in [9.17, 15) is 4.79 Å². The molecule has 0 bridgehead atoms. The summed E-state index contributed by atoms with van der Waals surface area (Å²) < 4.78 is 0. The average Bonchev–Trinajstić information content (AvgIpc) is 3.12. The molecule has 28 heavy (non-hydrogen) atoms. The van der Waals surface area contributed by atoms with Gasteiger partial charge in [-0.25, -0.2) is 0 Å². The molecule has 1 amide bonds. The van der Waals surface area contributed by atoms with Crippen molar-refractivity contribution in [3.05, 3.63) is 71.5 Å². The van der Waals surface area contributed by atoms with Gasteiger partial charge in [0, 0.05) is 32.4 Å². The summed E-state index contributed by atoms with van der Waals surface area (Å²) in [6.07, 6.45) is 0. The highest BCUT2D eigenvalue weighted by Gasteiger charge is 2.20. The maximum absolute atomic E-state index is 12.9. The topological polar surface area (TPSA) is 54.3 Å². The Hall–Kier alpha value is -3.15. The van der Waals surface area contributed by atoms with Crippen LogP contribution < -0.4 is 4.90 Å². The van der Waals surface area contributed by atoms with Crippen molar-refractivity contribution in [3.63, 3.8) is 0 Å². The SMILES string of the molecule is CCN(CC)c1ccc(CN(C)C(=O)c2nn(-c3ccccc3)nc2C)cc1. The van der Waals surface area contributed by atoms with Crippen molar-refractivity contribution in [2.45, 2.75) is 27.3 Å². The fourth-order valence-corrected chi connectivity index (χ4v) is 3.18. The standard InChI is InChI=1S/C22H27N5O/c1-5-26(6-2)19-14-12-18(13-15-19)16-25(4)22(28)21-17(3)23-27(24-21)20-10-8-7-9-11-20/h7-15H,5-6,16H2,1-4H3. The molecule has 0 saturated heterocycles. The minimum absolute atomic E-state index is 0.132. The molecule has 6 heteroatoms. The van der Waals surface area contributed by atoms with Crippen LogP contribution in [-0.2, 0) is 6.54 Å². The minimum Gasteiger partial charge on any atom is -0.372 e. The van der Waals surface area contributed by atoms with Gasteiger partial charge in [-0.15, -0.1) is 5.10 Å². The Morgan fingerprint density at radius 1 is 0.964 bits per heavy atom. The van der Waals surface area contributed by atoms with Crippen molar-refractivity contribution >= 4 is 11.6 Å². The molecule has 3 aromatic rings. The Bertz CT molecular complexity index is 914. The van der Waals surface area contributed by atoms with Gasteiger partial charge in [-0.05, 0) is 50.6 Å². The number of hydrogen-bond donors (Lipinski definition) is 0. The van der Waals surface area contributed by atoms with Crippen molar-refractivity contribution in [3.8, 4) is 5.69 Å². The Morgan fingerprint density at radius 3 is 2.21 bits per heavy atom. The quantitative estimate of drug-likeness (QED) is 0.630. The zero-order valence-corrected chi connectivity index (χ0v) is 17.0. The third kappa shape index (κ3) is 4.22. The van der Waals surface area contributed by atoms with Crippen LogP contribution in [0.4, 0.5) is 5.69 Å². The van der Waals surface area contributed by atoms with Crippen LogP contribution in [0.1, 0.15) is 35.6 Å². The summed E-state index contributed by atoms with van der Waals surface area (Å²) in [7, 11) is 1.79. The van der Waals surface area contributed by atoms with Gasteiger partial charge in [-0.1, -0.05) is 30.3 Å². The third-order valence-electron chi connectivity index (χ3n) is 4.80. The molecular weight excluding hydrogens is 350 g/mol. The number of para-hydroxylation sites is 1. The molecule has 0 unspecified atom stereocenters. The van der Waals surface area contributed by atoms with Crippen LogP contribution in [0, 0.1) is 6.92 Å². The summed E-state index contributed by atoms with van der Waals surface area (Å²) in [4.78, 5) is 18.4. The van der Waals surface area contributed by atoms with Crippen LogP contribution in [0.5, 0.6) is 0 Å². The Morgan fingerprint density at radius 2 is 1.61 bits per heavy atom. The Balaban J connectivity index is 1.72. The molecule has 1 heterocycles. The second-order valence-corrected chi connectivity index (χ2v) is 6.76. The average molecular weight is 377 g/mol. The molecule has 3 rings (SSSR count). The summed E-state index contributed by atoms with van der Waals surface area (Å²) in [5.74, 6) is -0.132. The van der Waals surface area contributed by atoms with Gasteiger partial charge in [0.2, 0.25) is 0 Å². The van der Waals surface area contributed by atoms with Gasteiger partial charge < -0.3 is 9.80 Å². The Kier molecular flexibility index (Phi) is 6.09. The summed E-state index contributed by atoms with van der Waals surface area (Å²) >= 11 is 0. The summed E-state index contributed by atoms with van der Waals surface area (Å²) in [5, 5.41) is 8.80. The first-order chi connectivity index (χ1) is 13.5. The third-order valence-corrected chi connectivity index (χ3v) is 4.80. The molecule has 0 atom stereocenters. The van der Waals surface area contributed by atoms with Gasteiger partial charge in [0.05, 0.1) is 11.4 Å². The number of carbonyl (C=O) groups excluding carboxylic acids is 1. The van der Waals surface area contributed by atoms with E-state index in [0.717, 1.165) is 24.3 Å². The normalized spacial score (nSPS) is 10.7. The van der Waals surface area contributed by atoms with E-state index < -0.39 is 0 Å². The lowest BCUT2D eigenvalue weighted by Crippen LogP contribution is -2.27. The number of anilines is 1. The zero-order valence-electron chi connectivity index (χ0n) is 17.0. The highest BCUT2D eigenvalue weighted by atomic mass is 16.2. The van der Waals surface area contributed by atoms with Crippen LogP contribution in [0.2, 0.25) is 0 Å². The molecule has 0 fully saturated rings. The molecular formula is C22H27N5O. The van der Waals surface area contributed by atoms with Crippen LogP contribution in [0.15, 0.2) is 54.6 Å². The molecule has 0 radical (unpaired) electrons. The smallest absolute Gasteiger partial charge is 0.276 e. The lowest BCUT2D eigenvalue weighted by molar-refractivity contribution is 0.0778. The Labute approximate surface area is 166 Å². The number of carbonyl (C=O) groups is 1. The van der Waals surface area contributed by atoms with Gasteiger partial charge in [0.1, 0.15) is 0 Å². The monoisotopic (exact) mass is 377 g/mol. The van der Waals surface area contributed by atoms with Crippen molar-refractivity contribution in [2.75, 3.05) is 25.0 Å². The molecule has 2 aromatic carbocycles. The van der Waals surface area contributed by atoms with E-state index in [1.54, 1.807) is 11.9 Å². The van der Waals surface area contributed by atoms with Crippen molar-refractivity contribution in [2.24, 2.45) is 0 Å². The molecule has 0 aliphatic carbocycles. The summed E-state index contributed by atoms with van der Waals surface area (Å²) in [6, 6.07) is 18.0. The largest absolute Gasteiger partial charge is 0.372 e. The van der Waals surface area contributed by atoms with Gasteiger partial charge in [0.25, 0.3) is 5.91 Å². The number of aryl methyl sites for hydroxylation is 1. The van der Waals surface area contributed by atoms with E-state index >= 15 is 0 Å². The predicted molar refractivity (Wildman–Crippen MR) is 112 cm³/mol. The summed E-state index contributed by atoms with van der Waals surface area (Å²) in [5.41, 5.74) is 4.12. The molecule has 0 saturated carbocycles. The molecule has 0 N–H and O–H groups in total. The summed E-state index contributed by atoms with van der Waals surface area (Å²) in [6.45, 7) is 8.58. The van der Waals surface area contributed by atoms with Gasteiger partial charge in [-0.2, -0.15) is 9.90 Å². The molecule has 6 nitrogen and oxygen atoms in total. The number of hydrogen-bond acceptors (Lipinski definition) is 4. The van der Waals surface area contributed by atoms with E-state index in [1.165, 1.54) is 10.5 Å². The number of benzene rings is 2. The first-order valence-corrected chi connectivity index (χ1v) is 9.62. The predicted octanol–water partition coefficient (Wildman–Crippen LogP) is 3.69. The van der Waals surface area contributed by atoms with E-state index in [1.807, 2.05) is 37.3 Å². The van der Waals surface area contributed by atoms with E-state index in [-0.39, 0.29) is 5.91 Å². The van der Waals surface area contributed by atoms with Crippen LogP contribution in [0.25, 0.3) is 5.69 Å². The first-order valence-electron chi connectivity index (χ1n) is 9.62. The van der Waals surface area contributed by atoms with Crippen LogP contribution in [0.3, 0.4) is 0 Å². The number of aromatic nitrogens is 3. The molecule has 0 aliphatic heterocycles. The second-order valence-electron chi connectivity index (χ2n) is 6.76. The first kappa shape index (κ1) is 19.6. The van der Waals surface area contributed by atoms with Gasteiger partial charge >= 0.3 is 0 Å². The van der Waals surface area contributed by atoms with E-state index in [0.29, 0.717) is 17.9 Å². The second kappa shape index (κ2) is 8.69. The molecule has 0 aliphatic rings.